The number of hydrogen-bond acceptors (Lipinski definition) is 6. The van der Waals surface area contributed by atoms with Crippen molar-refractivity contribution in [2.45, 2.75) is 25.7 Å². The largest absolute Gasteiger partial charge is 0.427 e. The summed E-state index contributed by atoms with van der Waals surface area (Å²) in [5, 5.41) is 5.94. The second-order valence-corrected chi connectivity index (χ2v) is 6.72. The van der Waals surface area contributed by atoms with Gasteiger partial charge in [0.05, 0.1) is 5.52 Å². The first-order chi connectivity index (χ1) is 13.0. The van der Waals surface area contributed by atoms with Gasteiger partial charge < -0.3 is 19.5 Å². The van der Waals surface area contributed by atoms with Crippen LogP contribution in [0.5, 0.6) is 0 Å². The highest BCUT2D eigenvalue weighted by Gasteiger charge is 2.22. The molecule has 1 aliphatic rings. The van der Waals surface area contributed by atoms with Crippen molar-refractivity contribution >= 4 is 22.7 Å². The molecule has 4 rings (SSSR count). The number of aromatic nitrogens is 1. The standard InChI is InChI=1S/C19H19N3O5/c1-10-7-14(11-3-2-6-20-9-11)26-18(24)16(10)17(23)21-12-4-5-13-15(8-12)27-19(25)22-13/h4-5,7-8,11,20H,2-3,6,9H2,1H3,(H,21,23)(H,22,25). The molecular formula is C19H19N3O5. The quantitative estimate of drug-likeness (QED) is 0.651. The van der Waals surface area contributed by atoms with Crippen molar-refractivity contribution in [3.63, 3.8) is 0 Å². The van der Waals surface area contributed by atoms with Crippen LogP contribution in [0.4, 0.5) is 5.69 Å². The van der Waals surface area contributed by atoms with E-state index in [-0.39, 0.29) is 11.5 Å². The molecule has 3 aromatic rings. The predicted molar refractivity (Wildman–Crippen MR) is 99.3 cm³/mol. The van der Waals surface area contributed by atoms with Gasteiger partial charge in [-0.15, -0.1) is 0 Å². The molecule has 140 valence electrons. The molecule has 1 unspecified atom stereocenters. The molecule has 0 aliphatic carbocycles. The second kappa shape index (κ2) is 6.88. The van der Waals surface area contributed by atoms with Gasteiger partial charge in [0.25, 0.3) is 5.91 Å². The molecule has 8 nitrogen and oxygen atoms in total. The van der Waals surface area contributed by atoms with Gasteiger partial charge in [0, 0.05) is 24.2 Å². The fourth-order valence-corrected chi connectivity index (χ4v) is 3.42. The Morgan fingerprint density at radius 2 is 2.07 bits per heavy atom. The molecule has 0 spiro atoms. The van der Waals surface area contributed by atoms with E-state index in [1.807, 2.05) is 0 Å². The zero-order chi connectivity index (χ0) is 19.0. The summed E-state index contributed by atoms with van der Waals surface area (Å²) in [7, 11) is 0. The lowest BCUT2D eigenvalue weighted by Gasteiger charge is -2.22. The Kier molecular flexibility index (Phi) is 4.41. The van der Waals surface area contributed by atoms with E-state index >= 15 is 0 Å². The number of benzene rings is 1. The van der Waals surface area contributed by atoms with E-state index in [9.17, 15) is 14.4 Å². The number of carbonyl (C=O) groups is 1. The molecule has 1 aromatic carbocycles. The van der Waals surface area contributed by atoms with Crippen molar-refractivity contribution in [2.24, 2.45) is 0 Å². The van der Waals surface area contributed by atoms with Crippen molar-refractivity contribution in [3.05, 3.63) is 62.1 Å². The number of hydrogen-bond donors (Lipinski definition) is 3. The molecule has 1 atom stereocenters. The minimum atomic E-state index is -0.651. The van der Waals surface area contributed by atoms with Crippen LogP contribution in [0.3, 0.4) is 0 Å². The molecular weight excluding hydrogens is 350 g/mol. The Morgan fingerprint density at radius 1 is 1.22 bits per heavy atom. The Balaban J connectivity index is 1.60. The number of carbonyl (C=O) groups excluding carboxylic acids is 1. The van der Waals surface area contributed by atoms with Gasteiger partial charge in [-0.1, -0.05) is 0 Å². The number of aryl methyl sites for hydroxylation is 1. The maximum absolute atomic E-state index is 12.6. The van der Waals surface area contributed by atoms with E-state index in [1.54, 1.807) is 25.1 Å². The van der Waals surface area contributed by atoms with Crippen LogP contribution in [0, 0.1) is 6.92 Å². The van der Waals surface area contributed by atoms with E-state index < -0.39 is 17.3 Å². The monoisotopic (exact) mass is 369 g/mol. The van der Waals surface area contributed by atoms with Crippen LogP contribution in [0.25, 0.3) is 11.1 Å². The number of H-pyrrole nitrogens is 1. The summed E-state index contributed by atoms with van der Waals surface area (Å²) in [6, 6.07) is 6.52. The minimum absolute atomic E-state index is 0.0295. The van der Waals surface area contributed by atoms with E-state index in [0.717, 1.165) is 25.9 Å². The summed E-state index contributed by atoms with van der Waals surface area (Å²) in [5.74, 6) is -0.387. The van der Waals surface area contributed by atoms with Crippen molar-refractivity contribution in [3.8, 4) is 0 Å². The molecule has 8 heteroatoms. The number of fused-ring (bicyclic) bond motifs is 1. The lowest BCUT2D eigenvalue weighted by atomic mass is 9.95. The number of rotatable bonds is 3. The fraction of sp³-hybridized carbons (Fsp3) is 0.316. The number of piperidine rings is 1. The SMILES string of the molecule is Cc1cc(C2CCCNC2)oc(=O)c1C(=O)Nc1ccc2[nH]c(=O)oc2c1. The predicted octanol–water partition coefficient (Wildman–Crippen LogP) is 2.10. The zero-order valence-corrected chi connectivity index (χ0v) is 14.8. The second-order valence-electron chi connectivity index (χ2n) is 6.72. The van der Waals surface area contributed by atoms with E-state index in [0.29, 0.717) is 28.1 Å². The Bertz CT molecular complexity index is 1120. The first kappa shape index (κ1) is 17.3. The van der Waals surface area contributed by atoms with Crippen LogP contribution in [0.1, 0.15) is 40.4 Å². The summed E-state index contributed by atoms with van der Waals surface area (Å²) in [6.45, 7) is 3.45. The smallest absolute Gasteiger partial charge is 0.417 e. The van der Waals surface area contributed by atoms with Gasteiger partial charge >= 0.3 is 11.4 Å². The van der Waals surface area contributed by atoms with Crippen LogP contribution >= 0.6 is 0 Å². The number of oxazole rings is 1. The van der Waals surface area contributed by atoms with Crippen LogP contribution in [-0.2, 0) is 0 Å². The van der Waals surface area contributed by atoms with Gasteiger partial charge in [0.15, 0.2) is 5.58 Å². The van der Waals surface area contributed by atoms with Crippen molar-refractivity contribution in [2.75, 3.05) is 18.4 Å². The Morgan fingerprint density at radius 3 is 2.81 bits per heavy atom. The third-order valence-corrected chi connectivity index (χ3v) is 4.77. The summed E-state index contributed by atoms with van der Waals surface area (Å²) in [4.78, 5) is 38.8. The highest BCUT2D eigenvalue weighted by Crippen LogP contribution is 2.24. The van der Waals surface area contributed by atoms with Crippen molar-refractivity contribution in [1.82, 2.24) is 10.3 Å². The third kappa shape index (κ3) is 3.43. The maximum Gasteiger partial charge on any atom is 0.417 e. The number of aromatic amines is 1. The normalized spacial score (nSPS) is 17.1. The Labute approximate surface area is 153 Å². The summed E-state index contributed by atoms with van der Waals surface area (Å²) in [6.07, 6.45) is 1.97. The molecule has 27 heavy (non-hydrogen) atoms. The van der Waals surface area contributed by atoms with Gasteiger partial charge in [-0.25, -0.2) is 9.59 Å². The van der Waals surface area contributed by atoms with Crippen LogP contribution in [0.15, 0.2) is 42.7 Å². The zero-order valence-electron chi connectivity index (χ0n) is 14.8. The van der Waals surface area contributed by atoms with Gasteiger partial charge in [-0.05, 0) is 50.1 Å². The fourth-order valence-electron chi connectivity index (χ4n) is 3.42. The van der Waals surface area contributed by atoms with Crippen molar-refractivity contribution in [1.29, 1.82) is 0 Å². The van der Waals surface area contributed by atoms with E-state index in [4.69, 9.17) is 8.83 Å². The van der Waals surface area contributed by atoms with Gasteiger partial charge in [0.1, 0.15) is 11.3 Å². The maximum atomic E-state index is 12.6. The number of nitrogens with one attached hydrogen (secondary N) is 3. The number of amides is 1. The molecule has 1 saturated heterocycles. The number of anilines is 1. The molecule has 3 N–H and O–H groups in total. The summed E-state index contributed by atoms with van der Waals surface area (Å²) >= 11 is 0. The molecule has 1 aliphatic heterocycles. The molecule has 2 aromatic heterocycles. The molecule has 3 heterocycles. The Hall–Kier alpha value is -3.13. The summed E-state index contributed by atoms with van der Waals surface area (Å²) < 4.78 is 10.4. The summed E-state index contributed by atoms with van der Waals surface area (Å²) in [5.41, 5.74) is 1.15. The van der Waals surface area contributed by atoms with Crippen LogP contribution in [-0.4, -0.2) is 24.0 Å². The molecule has 1 amide bonds. The molecule has 0 bridgehead atoms. The van der Waals surface area contributed by atoms with Gasteiger partial charge in [-0.3, -0.25) is 9.78 Å². The molecule has 0 saturated carbocycles. The molecule has 0 radical (unpaired) electrons. The highest BCUT2D eigenvalue weighted by atomic mass is 16.4. The van der Waals surface area contributed by atoms with Gasteiger partial charge in [-0.2, -0.15) is 0 Å². The first-order valence-corrected chi connectivity index (χ1v) is 8.81. The lowest BCUT2D eigenvalue weighted by Crippen LogP contribution is -2.30. The van der Waals surface area contributed by atoms with E-state index in [1.165, 1.54) is 6.07 Å². The topological polar surface area (TPSA) is 117 Å². The van der Waals surface area contributed by atoms with Crippen molar-refractivity contribution < 1.29 is 13.6 Å². The highest BCUT2D eigenvalue weighted by molar-refractivity contribution is 6.05. The van der Waals surface area contributed by atoms with Crippen LogP contribution < -0.4 is 22.0 Å². The van der Waals surface area contributed by atoms with Crippen LogP contribution in [0.2, 0.25) is 0 Å². The lowest BCUT2D eigenvalue weighted by molar-refractivity contribution is 0.102. The average molecular weight is 369 g/mol. The van der Waals surface area contributed by atoms with E-state index in [2.05, 4.69) is 15.6 Å². The molecule has 1 fully saturated rings. The van der Waals surface area contributed by atoms with Gasteiger partial charge in [0.2, 0.25) is 0 Å². The minimum Gasteiger partial charge on any atom is -0.427 e. The first-order valence-electron chi connectivity index (χ1n) is 8.81. The third-order valence-electron chi connectivity index (χ3n) is 4.77. The average Bonchev–Trinajstić information content (AvgIpc) is 3.01.